The van der Waals surface area contributed by atoms with Gasteiger partial charge in [-0.25, -0.2) is 4.98 Å². The minimum absolute atomic E-state index is 0.0332. The third-order valence-corrected chi connectivity index (χ3v) is 7.86. The van der Waals surface area contributed by atoms with Crippen molar-refractivity contribution in [2.75, 3.05) is 0 Å². The highest BCUT2D eigenvalue weighted by Gasteiger charge is 2.38. The molecule has 1 atom stereocenters. The molecule has 1 aliphatic rings. The first-order valence-corrected chi connectivity index (χ1v) is 12.3. The summed E-state index contributed by atoms with van der Waals surface area (Å²) in [5.74, 6) is -0.596. The molecule has 0 aliphatic carbocycles. The van der Waals surface area contributed by atoms with Crippen LogP contribution in [0.4, 0.5) is 0 Å². The van der Waals surface area contributed by atoms with Crippen LogP contribution in [0.3, 0.4) is 0 Å². The summed E-state index contributed by atoms with van der Waals surface area (Å²) in [7, 11) is 0. The SMILES string of the molecule is Cc1c(/C=C2\SC(=N)[C@@H](c3nccs3)C2=O)c2ccccc2n1Cc1ccc(Br)cc1. The first-order valence-electron chi connectivity index (χ1n) is 9.77. The molecule has 2 aromatic carbocycles. The highest BCUT2D eigenvalue weighted by atomic mass is 79.9. The molecule has 31 heavy (non-hydrogen) atoms. The van der Waals surface area contributed by atoms with Gasteiger partial charge < -0.3 is 4.57 Å². The number of allylic oxidation sites excluding steroid dienone is 1. The zero-order valence-corrected chi connectivity index (χ0v) is 19.9. The summed E-state index contributed by atoms with van der Waals surface area (Å²) in [6.07, 6.45) is 3.65. The van der Waals surface area contributed by atoms with Crippen LogP contribution < -0.4 is 0 Å². The first kappa shape index (κ1) is 20.4. The van der Waals surface area contributed by atoms with Crippen molar-refractivity contribution in [3.8, 4) is 0 Å². The molecule has 7 heteroatoms. The van der Waals surface area contributed by atoms with Gasteiger partial charge in [-0.15, -0.1) is 11.3 Å². The van der Waals surface area contributed by atoms with Gasteiger partial charge in [0.2, 0.25) is 0 Å². The van der Waals surface area contributed by atoms with E-state index in [0.29, 0.717) is 15.0 Å². The van der Waals surface area contributed by atoms with Gasteiger partial charge in [0.25, 0.3) is 0 Å². The molecular formula is C24H18BrN3OS2. The van der Waals surface area contributed by atoms with E-state index in [2.05, 4.69) is 68.8 Å². The Bertz CT molecular complexity index is 1340. The number of rotatable bonds is 4. The first-order chi connectivity index (χ1) is 15.0. The largest absolute Gasteiger partial charge is 0.340 e. The third kappa shape index (κ3) is 3.71. The Morgan fingerprint density at radius 1 is 1.19 bits per heavy atom. The van der Waals surface area contributed by atoms with Gasteiger partial charge in [0.05, 0.1) is 9.95 Å². The summed E-state index contributed by atoms with van der Waals surface area (Å²) < 4.78 is 3.35. The molecular weight excluding hydrogens is 490 g/mol. The average Bonchev–Trinajstić information content (AvgIpc) is 3.44. The van der Waals surface area contributed by atoms with Crippen molar-refractivity contribution in [1.82, 2.24) is 9.55 Å². The lowest BCUT2D eigenvalue weighted by atomic mass is 10.0. The van der Waals surface area contributed by atoms with E-state index in [-0.39, 0.29) is 5.78 Å². The maximum atomic E-state index is 13.1. The molecule has 0 radical (unpaired) electrons. The standard InChI is InChI=1S/C24H18BrN3OS2/c1-14-18(12-20-22(29)21(23(26)31-20)24-27-10-11-30-24)17-4-2-3-5-19(17)28(14)13-15-6-8-16(25)9-7-15/h2-12,21,26H,13H2,1H3/b20-12-,26-23?/t21-/m0/s1. The summed E-state index contributed by atoms with van der Waals surface area (Å²) >= 11 is 6.18. The fraction of sp³-hybridized carbons (Fsp3) is 0.125. The van der Waals surface area contributed by atoms with E-state index >= 15 is 0 Å². The number of thioether (sulfide) groups is 1. The smallest absolute Gasteiger partial charge is 0.186 e. The molecule has 4 aromatic rings. The molecule has 1 fully saturated rings. The summed E-state index contributed by atoms with van der Waals surface area (Å²) in [6, 6.07) is 16.6. The molecule has 5 rings (SSSR count). The van der Waals surface area contributed by atoms with E-state index in [1.807, 2.05) is 23.6 Å². The summed E-state index contributed by atoms with van der Waals surface area (Å²) in [4.78, 5) is 18.0. The van der Waals surface area contributed by atoms with Gasteiger partial charge in [0.1, 0.15) is 10.9 Å². The number of para-hydroxylation sites is 1. The van der Waals surface area contributed by atoms with Crippen molar-refractivity contribution in [2.24, 2.45) is 0 Å². The van der Waals surface area contributed by atoms with Gasteiger partial charge in [0.15, 0.2) is 5.78 Å². The Balaban J connectivity index is 1.58. The van der Waals surface area contributed by atoms with Crippen LogP contribution in [-0.4, -0.2) is 20.4 Å². The Hall–Kier alpha value is -2.48. The molecule has 0 spiro atoms. The molecule has 0 saturated carbocycles. The normalized spacial score (nSPS) is 17.9. The Morgan fingerprint density at radius 2 is 1.97 bits per heavy atom. The molecule has 1 saturated heterocycles. The predicted octanol–water partition coefficient (Wildman–Crippen LogP) is 6.63. The molecule has 4 nitrogen and oxygen atoms in total. The maximum absolute atomic E-state index is 13.1. The van der Waals surface area contributed by atoms with Gasteiger partial charge in [-0.1, -0.05) is 58.0 Å². The average molecular weight is 508 g/mol. The second kappa shape index (κ2) is 8.22. The van der Waals surface area contributed by atoms with Crippen LogP contribution in [0.15, 0.2) is 69.5 Å². The number of hydrogen-bond acceptors (Lipinski definition) is 5. The van der Waals surface area contributed by atoms with E-state index in [1.165, 1.54) is 28.7 Å². The number of aromatic nitrogens is 2. The summed E-state index contributed by atoms with van der Waals surface area (Å²) in [5.41, 5.74) is 4.49. The van der Waals surface area contributed by atoms with Crippen LogP contribution in [0.2, 0.25) is 0 Å². The summed E-state index contributed by atoms with van der Waals surface area (Å²) in [6.45, 7) is 2.85. The number of Topliss-reactive ketones (excluding diaryl/α,β-unsaturated/α-hetero) is 1. The number of ketones is 1. The Kier molecular flexibility index (Phi) is 5.42. The second-order valence-corrected chi connectivity index (χ2v) is 10.3. The van der Waals surface area contributed by atoms with Crippen LogP contribution in [0.1, 0.15) is 27.7 Å². The number of carbonyl (C=O) groups excluding carboxylic acids is 1. The number of thiazole rings is 1. The van der Waals surface area contributed by atoms with Crippen molar-refractivity contribution in [1.29, 1.82) is 5.41 Å². The second-order valence-electron chi connectivity index (χ2n) is 7.37. The maximum Gasteiger partial charge on any atom is 0.186 e. The van der Waals surface area contributed by atoms with E-state index in [0.717, 1.165) is 33.2 Å². The Labute approximate surface area is 196 Å². The number of benzene rings is 2. The van der Waals surface area contributed by atoms with Crippen molar-refractivity contribution in [3.63, 3.8) is 0 Å². The van der Waals surface area contributed by atoms with Gasteiger partial charge in [0, 0.05) is 44.8 Å². The van der Waals surface area contributed by atoms with Crippen molar-refractivity contribution < 1.29 is 4.79 Å². The predicted molar refractivity (Wildman–Crippen MR) is 133 cm³/mol. The number of nitrogens with zero attached hydrogens (tertiary/aromatic N) is 2. The van der Waals surface area contributed by atoms with Crippen LogP contribution in [-0.2, 0) is 11.3 Å². The van der Waals surface area contributed by atoms with Crippen molar-refractivity contribution in [3.05, 3.63) is 91.3 Å². The zero-order valence-electron chi connectivity index (χ0n) is 16.6. The fourth-order valence-corrected chi connectivity index (χ4v) is 5.99. The van der Waals surface area contributed by atoms with Crippen molar-refractivity contribution in [2.45, 2.75) is 19.4 Å². The zero-order chi connectivity index (χ0) is 21.5. The lowest BCUT2D eigenvalue weighted by Crippen LogP contribution is -2.11. The third-order valence-electron chi connectivity index (χ3n) is 5.49. The minimum Gasteiger partial charge on any atom is -0.340 e. The quantitative estimate of drug-likeness (QED) is 0.315. The number of fused-ring (bicyclic) bond motifs is 1. The van der Waals surface area contributed by atoms with E-state index in [4.69, 9.17) is 5.41 Å². The minimum atomic E-state index is -0.562. The number of halogens is 1. The van der Waals surface area contributed by atoms with Gasteiger partial charge in [-0.05, 0) is 36.8 Å². The molecule has 2 aromatic heterocycles. The van der Waals surface area contributed by atoms with Crippen LogP contribution >= 0.6 is 39.0 Å². The topological polar surface area (TPSA) is 58.7 Å². The van der Waals surface area contributed by atoms with E-state index in [1.54, 1.807) is 6.20 Å². The van der Waals surface area contributed by atoms with E-state index in [9.17, 15) is 4.79 Å². The number of nitrogens with one attached hydrogen (secondary N) is 1. The highest BCUT2D eigenvalue weighted by molar-refractivity contribution is 9.10. The molecule has 0 unspecified atom stereocenters. The van der Waals surface area contributed by atoms with Gasteiger partial charge in [-0.2, -0.15) is 0 Å². The molecule has 1 N–H and O–H groups in total. The lowest BCUT2D eigenvalue weighted by molar-refractivity contribution is -0.114. The van der Waals surface area contributed by atoms with Gasteiger partial charge >= 0.3 is 0 Å². The Morgan fingerprint density at radius 3 is 2.71 bits per heavy atom. The van der Waals surface area contributed by atoms with Crippen LogP contribution in [0.25, 0.3) is 17.0 Å². The van der Waals surface area contributed by atoms with Crippen LogP contribution in [0, 0.1) is 12.3 Å². The number of hydrogen-bond donors (Lipinski definition) is 1. The molecule has 0 bridgehead atoms. The molecule has 1 aliphatic heterocycles. The molecule has 0 amide bonds. The highest BCUT2D eigenvalue weighted by Crippen LogP contribution is 2.42. The fourth-order valence-electron chi connectivity index (χ4n) is 3.94. The molecule has 3 heterocycles. The monoisotopic (exact) mass is 507 g/mol. The molecule has 154 valence electrons. The number of carbonyl (C=O) groups is 1. The van der Waals surface area contributed by atoms with Crippen LogP contribution in [0.5, 0.6) is 0 Å². The van der Waals surface area contributed by atoms with Crippen molar-refractivity contribution >= 4 is 66.8 Å². The van der Waals surface area contributed by atoms with E-state index < -0.39 is 5.92 Å². The summed E-state index contributed by atoms with van der Waals surface area (Å²) in [5, 5.41) is 12.4. The lowest BCUT2D eigenvalue weighted by Gasteiger charge is -2.09. The van der Waals surface area contributed by atoms with Gasteiger partial charge in [-0.3, -0.25) is 10.2 Å².